The standard InChI is InChI=1S/C6H10F5NS/c1-2-13-4(3-12)5(7,8)6(9,10)11/h4H,2-3,12H2,1H3. The Morgan fingerprint density at radius 2 is 1.69 bits per heavy atom. The fourth-order valence-electron chi connectivity index (χ4n) is 0.704. The lowest BCUT2D eigenvalue weighted by molar-refractivity contribution is -0.280. The van der Waals surface area contributed by atoms with Crippen molar-refractivity contribution in [1.82, 2.24) is 0 Å². The van der Waals surface area contributed by atoms with Crippen molar-refractivity contribution in [3.63, 3.8) is 0 Å². The van der Waals surface area contributed by atoms with Gasteiger partial charge < -0.3 is 5.73 Å². The Bertz CT molecular complexity index is 158. The van der Waals surface area contributed by atoms with Gasteiger partial charge in [0.1, 0.15) is 0 Å². The molecular formula is C6H10F5NS. The Kier molecular flexibility index (Phi) is 4.44. The van der Waals surface area contributed by atoms with Crippen molar-refractivity contribution >= 4 is 11.8 Å². The van der Waals surface area contributed by atoms with Crippen molar-refractivity contribution in [2.75, 3.05) is 12.3 Å². The number of rotatable bonds is 4. The number of halogens is 5. The molecule has 0 rings (SSSR count). The maximum atomic E-state index is 12.6. The van der Waals surface area contributed by atoms with Crippen molar-refractivity contribution in [3.8, 4) is 0 Å². The zero-order chi connectivity index (χ0) is 10.7. The van der Waals surface area contributed by atoms with E-state index in [9.17, 15) is 22.0 Å². The predicted molar refractivity (Wildman–Crippen MR) is 42.0 cm³/mol. The summed E-state index contributed by atoms with van der Waals surface area (Å²) in [6, 6.07) is 0. The van der Waals surface area contributed by atoms with Gasteiger partial charge in [-0.1, -0.05) is 6.92 Å². The monoisotopic (exact) mass is 223 g/mol. The Morgan fingerprint density at radius 1 is 1.23 bits per heavy atom. The van der Waals surface area contributed by atoms with E-state index in [2.05, 4.69) is 0 Å². The largest absolute Gasteiger partial charge is 0.454 e. The number of hydrogen-bond acceptors (Lipinski definition) is 2. The topological polar surface area (TPSA) is 26.0 Å². The van der Waals surface area contributed by atoms with Gasteiger partial charge in [-0.2, -0.15) is 33.7 Å². The van der Waals surface area contributed by atoms with E-state index >= 15 is 0 Å². The molecule has 0 aliphatic rings. The van der Waals surface area contributed by atoms with E-state index in [-0.39, 0.29) is 5.75 Å². The van der Waals surface area contributed by atoms with E-state index in [1.54, 1.807) is 0 Å². The second-order valence-corrected chi connectivity index (χ2v) is 3.78. The first-order valence-electron chi connectivity index (χ1n) is 3.53. The van der Waals surface area contributed by atoms with Crippen molar-refractivity contribution < 1.29 is 22.0 Å². The third-order valence-electron chi connectivity index (χ3n) is 1.36. The van der Waals surface area contributed by atoms with Gasteiger partial charge in [0.15, 0.2) is 0 Å². The van der Waals surface area contributed by atoms with Crippen LogP contribution >= 0.6 is 11.8 Å². The summed E-state index contributed by atoms with van der Waals surface area (Å²) >= 11 is 0.515. The van der Waals surface area contributed by atoms with Crippen LogP contribution in [0.4, 0.5) is 22.0 Å². The van der Waals surface area contributed by atoms with Gasteiger partial charge in [-0.25, -0.2) is 0 Å². The fourth-order valence-corrected chi connectivity index (χ4v) is 1.59. The van der Waals surface area contributed by atoms with Crippen molar-refractivity contribution in [2.24, 2.45) is 5.73 Å². The molecule has 0 radical (unpaired) electrons. The second kappa shape index (κ2) is 4.45. The lowest BCUT2D eigenvalue weighted by atomic mass is 10.2. The van der Waals surface area contributed by atoms with Gasteiger partial charge in [0.25, 0.3) is 0 Å². The van der Waals surface area contributed by atoms with E-state index in [4.69, 9.17) is 5.73 Å². The molecule has 7 heteroatoms. The molecular weight excluding hydrogens is 213 g/mol. The average Bonchev–Trinajstić information content (AvgIpc) is 1.97. The molecule has 0 saturated carbocycles. The van der Waals surface area contributed by atoms with Crippen LogP contribution in [0.1, 0.15) is 6.92 Å². The summed E-state index contributed by atoms with van der Waals surface area (Å²) in [5, 5.41) is -1.89. The van der Waals surface area contributed by atoms with E-state index in [1.165, 1.54) is 6.92 Å². The summed E-state index contributed by atoms with van der Waals surface area (Å²) in [5.41, 5.74) is 4.84. The van der Waals surface area contributed by atoms with Gasteiger partial charge >= 0.3 is 12.1 Å². The molecule has 80 valence electrons. The van der Waals surface area contributed by atoms with E-state index in [0.717, 1.165) is 0 Å². The molecule has 0 bridgehead atoms. The van der Waals surface area contributed by atoms with Crippen molar-refractivity contribution in [3.05, 3.63) is 0 Å². The average molecular weight is 223 g/mol. The van der Waals surface area contributed by atoms with E-state index in [1.807, 2.05) is 0 Å². The van der Waals surface area contributed by atoms with Crippen LogP contribution in [0.2, 0.25) is 0 Å². The third-order valence-corrected chi connectivity index (χ3v) is 2.59. The highest BCUT2D eigenvalue weighted by atomic mass is 32.2. The molecule has 0 aliphatic carbocycles. The molecule has 0 fully saturated rings. The van der Waals surface area contributed by atoms with Crippen LogP contribution in [-0.2, 0) is 0 Å². The molecule has 13 heavy (non-hydrogen) atoms. The normalized spacial score (nSPS) is 15.9. The first-order chi connectivity index (χ1) is 5.77. The fraction of sp³-hybridized carbons (Fsp3) is 1.00. The zero-order valence-corrected chi connectivity index (χ0v) is 7.68. The molecule has 0 aromatic carbocycles. The summed E-state index contributed by atoms with van der Waals surface area (Å²) in [7, 11) is 0. The highest BCUT2D eigenvalue weighted by Gasteiger charge is 2.61. The lowest BCUT2D eigenvalue weighted by Gasteiger charge is -2.26. The molecule has 1 nitrogen and oxygen atoms in total. The van der Waals surface area contributed by atoms with Crippen LogP contribution in [0, 0.1) is 0 Å². The Morgan fingerprint density at radius 3 is 1.92 bits per heavy atom. The molecule has 0 aromatic rings. The first-order valence-corrected chi connectivity index (χ1v) is 4.58. The maximum absolute atomic E-state index is 12.6. The summed E-state index contributed by atoms with van der Waals surface area (Å²) in [5.74, 6) is -4.53. The van der Waals surface area contributed by atoms with Crippen molar-refractivity contribution in [2.45, 2.75) is 24.3 Å². The van der Waals surface area contributed by atoms with Crippen LogP contribution in [0.3, 0.4) is 0 Å². The third kappa shape index (κ3) is 2.98. The molecule has 1 unspecified atom stereocenters. The number of alkyl halides is 5. The lowest BCUT2D eigenvalue weighted by Crippen LogP contribution is -2.48. The molecule has 1 atom stereocenters. The summed E-state index contributed by atoms with van der Waals surface area (Å²) in [4.78, 5) is 0. The zero-order valence-electron chi connectivity index (χ0n) is 6.87. The highest BCUT2D eigenvalue weighted by Crippen LogP contribution is 2.42. The Hall–Kier alpha value is -0.0400. The van der Waals surface area contributed by atoms with Gasteiger partial charge in [-0.05, 0) is 5.75 Å². The van der Waals surface area contributed by atoms with E-state index in [0.29, 0.717) is 11.8 Å². The van der Waals surface area contributed by atoms with Crippen LogP contribution in [0.5, 0.6) is 0 Å². The van der Waals surface area contributed by atoms with Gasteiger partial charge in [-0.15, -0.1) is 0 Å². The quantitative estimate of drug-likeness (QED) is 0.740. The SMILES string of the molecule is CCSC(CN)C(F)(F)C(F)(F)F. The highest BCUT2D eigenvalue weighted by molar-refractivity contribution is 8.00. The first kappa shape index (κ1) is 13.0. The van der Waals surface area contributed by atoms with Gasteiger partial charge in [-0.3, -0.25) is 0 Å². The minimum absolute atomic E-state index is 0.174. The molecule has 0 heterocycles. The Balaban J connectivity index is 4.56. The summed E-state index contributed by atoms with van der Waals surface area (Å²) in [6.45, 7) is 0.810. The number of nitrogens with two attached hydrogens (primary N) is 1. The minimum atomic E-state index is -5.51. The Labute approximate surface area is 76.9 Å². The second-order valence-electron chi connectivity index (χ2n) is 2.30. The van der Waals surface area contributed by atoms with Crippen LogP contribution in [0.15, 0.2) is 0 Å². The van der Waals surface area contributed by atoms with Gasteiger partial charge in [0, 0.05) is 6.54 Å². The van der Waals surface area contributed by atoms with Crippen LogP contribution in [0.25, 0.3) is 0 Å². The molecule has 0 saturated heterocycles. The number of thioether (sulfide) groups is 1. The van der Waals surface area contributed by atoms with Gasteiger partial charge in [0.2, 0.25) is 0 Å². The molecule has 2 N–H and O–H groups in total. The molecule has 0 aliphatic heterocycles. The molecule has 0 aromatic heterocycles. The van der Waals surface area contributed by atoms with Crippen LogP contribution < -0.4 is 5.73 Å². The van der Waals surface area contributed by atoms with Crippen molar-refractivity contribution in [1.29, 1.82) is 0 Å². The molecule has 0 spiro atoms. The van der Waals surface area contributed by atoms with E-state index < -0.39 is 23.9 Å². The molecule has 0 amide bonds. The summed E-state index contributed by atoms with van der Waals surface area (Å²) in [6.07, 6.45) is -5.51. The predicted octanol–water partition coefficient (Wildman–Crippen LogP) is 2.26. The number of hydrogen-bond donors (Lipinski definition) is 1. The minimum Gasteiger partial charge on any atom is -0.329 e. The smallest absolute Gasteiger partial charge is 0.329 e. The van der Waals surface area contributed by atoms with Crippen LogP contribution in [-0.4, -0.2) is 29.6 Å². The maximum Gasteiger partial charge on any atom is 0.454 e. The van der Waals surface area contributed by atoms with Gasteiger partial charge in [0.05, 0.1) is 5.25 Å². The summed E-state index contributed by atoms with van der Waals surface area (Å²) < 4.78 is 60.4.